The van der Waals surface area contributed by atoms with Gasteiger partial charge in [-0.2, -0.15) is 5.10 Å². The number of benzene rings is 3. The number of anilines is 1. The first-order chi connectivity index (χ1) is 16.4. The molecule has 2 aliphatic heterocycles. The van der Waals surface area contributed by atoms with E-state index in [0.29, 0.717) is 34.0 Å². The van der Waals surface area contributed by atoms with Gasteiger partial charge < -0.3 is 4.42 Å². The minimum atomic E-state index is -3.87. The number of rotatable bonds is 4. The fraction of sp³-hybridized carbons (Fsp3) is 0.120. The molecule has 0 N–H and O–H groups in total. The van der Waals surface area contributed by atoms with Crippen molar-refractivity contribution in [3.8, 4) is 0 Å². The summed E-state index contributed by atoms with van der Waals surface area (Å²) in [5.41, 5.74) is 2.03. The zero-order chi connectivity index (χ0) is 23.4. The second-order valence-electron chi connectivity index (χ2n) is 8.17. The molecule has 3 heterocycles. The normalized spacial score (nSPS) is 18.5. The van der Waals surface area contributed by atoms with E-state index in [2.05, 4.69) is 5.10 Å². The van der Waals surface area contributed by atoms with Crippen molar-refractivity contribution < 1.29 is 17.6 Å². The first-order valence-electron chi connectivity index (χ1n) is 10.7. The molecule has 0 radical (unpaired) electrons. The van der Waals surface area contributed by atoms with Gasteiger partial charge in [-0.1, -0.05) is 48.0 Å². The van der Waals surface area contributed by atoms with Gasteiger partial charge in [-0.15, -0.1) is 0 Å². The second-order valence-corrected chi connectivity index (χ2v) is 10.4. The number of halogens is 1. The summed E-state index contributed by atoms with van der Waals surface area (Å²) in [5, 5.41) is 7.97. The summed E-state index contributed by atoms with van der Waals surface area (Å²) < 4.78 is 33.4. The van der Waals surface area contributed by atoms with E-state index >= 15 is 0 Å². The van der Waals surface area contributed by atoms with E-state index in [1.54, 1.807) is 54.8 Å². The molecule has 0 bridgehead atoms. The molecule has 34 heavy (non-hydrogen) atoms. The molecular formula is C25H18ClN3O4S. The van der Waals surface area contributed by atoms with Crippen LogP contribution in [0.3, 0.4) is 0 Å². The molecule has 0 fully saturated rings. The molecule has 0 saturated carbocycles. The largest absolute Gasteiger partial charge is 0.467 e. The lowest BCUT2D eigenvalue weighted by Crippen LogP contribution is -2.39. The van der Waals surface area contributed by atoms with Crippen LogP contribution in [0.5, 0.6) is 0 Å². The summed E-state index contributed by atoms with van der Waals surface area (Å²) in [6.07, 6.45) is 1.98. The first kappa shape index (κ1) is 20.9. The minimum Gasteiger partial charge on any atom is -0.467 e. The molecule has 1 amide bonds. The molecule has 0 saturated heterocycles. The van der Waals surface area contributed by atoms with Crippen LogP contribution in [0.1, 0.15) is 23.8 Å². The Morgan fingerprint density at radius 3 is 2.53 bits per heavy atom. The molecule has 170 valence electrons. The molecule has 4 aromatic rings. The highest BCUT2D eigenvalue weighted by molar-refractivity contribution is 7.93. The Labute approximate surface area is 200 Å². The number of hydrogen-bond acceptors (Lipinski definition) is 5. The van der Waals surface area contributed by atoms with Gasteiger partial charge in [0, 0.05) is 16.8 Å². The fourth-order valence-corrected chi connectivity index (χ4v) is 6.37. The average molecular weight is 492 g/mol. The van der Waals surface area contributed by atoms with E-state index in [-0.39, 0.29) is 11.4 Å². The van der Waals surface area contributed by atoms with Gasteiger partial charge in [0.25, 0.3) is 15.9 Å². The first-order valence-corrected chi connectivity index (χ1v) is 12.5. The SMILES string of the molecule is O=C(CN1c2cccc3cccc(c23)S1(=O)=O)N1N=C(c2ccc(Cl)cc2)C[C@@H]1c1ccco1. The molecular weight excluding hydrogens is 474 g/mol. The highest BCUT2D eigenvalue weighted by Gasteiger charge is 2.40. The molecule has 0 unspecified atom stereocenters. The van der Waals surface area contributed by atoms with Crippen LogP contribution in [0.2, 0.25) is 5.02 Å². The maximum Gasteiger partial charge on any atom is 0.265 e. The van der Waals surface area contributed by atoms with Crippen LogP contribution >= 0.6 is 11.6 Å². The lowest BCUT2D eigenvalue weighted by molar-refractivity contribution is -0.131. The van der Waals surface area contributed by atoms with E-state index in [1.807, 2.05) is 24.3 Å². The lowest BCUT2D eigenvalue weighted by Gasteiger charge is -2.24. The van der Waals surface area contributed by atoms with Crippen molar-refractivity contribution in [3.05, 3.63) is 95.4 Å². The quantitative estimate of drug-likeness (QED) is 0.403. The van der Waals surface area contributed by atoms with Gasteiger partial charge in [0.1, 0.15) is 18.3 Å². The summed E-state index contributed by atoms with van der Waals surface area (Å²) in [4.78, 5) is 13.8. The van der Waals surface area contributed by atoms with Crippen LogP contribution < -0.4 is 4.31 Å². The third kappa shape index (κ3) is 3.21. The Balaban J connectivity index is 1.37. The number of nitrogens with zero attached hydrogens (tertiary/aromatic N) is 3. The average Bonchev–Trinajstić information content (AvgIpc) is 3.56. The van der Waals surface area contributed by atoms with Gasteiger partial charge in [0.05, 0.1) is 22.6 Å². The summed E-state index contributed by atoms with van der Waals surface area (Å²) in [6.45, 7) is -0.370. The number of hydrogen-bond donors (Lipinski definition) is 0. The Morgan fingerprint density at radius 2 is 1.79 bits per heavy atom. The van der Waals surface area contributed by atoms with Crippen LogP contribution in [0.25, 0.3) is 10.8 Å². The zero-order valence-corrected chi connectivity index (χ0v) is 19.3. The summed E-state index contributed by atoms with van der Waals surface area (Å²) in [5.74, 6) is 0.134. The number of carbonyl (C=O) groups is 1. The third-order valence-electron chi connectivity index (χ3n) is 6.18. The van der Waals surface area contributed by atoms with Crippen LogP contribution in [0, 0.1) is 0 Å². The topological polar surface area (TPSA) is 83.2 Å². The maximum atomic E-state index is 13.5. The van der Waals surface area contributed by atoms with Crippen molar-refractivity contribution in [2.75, 3.05) is 10.8 Å². The van der Waals surface area contributed by atoms with Crippen molar-refractivity contribution in [2.45, 2.75) is 17.4 Å². The highest BCUT2D eigenvalue weighted by atomic mass is 35.5. The Bertz CT molecular complexity index is 1560. The van der Waals surface area contributed by atoms with Crippen LogP contribution in [-0.2, 0) is 14.8 Å². The van der Waals surface area contributed by atoms with Gasteiger partial charge in [0.2, 0.25) is 0 Å². The third-order valence-corrected chi connectivity index (χ3v) is 8.23. The molecule has 0 spiro atoms. The Morgan fingerprint density at radius 1 is 1.03 bits per heavy atom. The highest BCUT2D eigenvalue weighted by Crippen LogP contribution is 2.42. The van der Waals surface area contributed by atoms with Crippen molar-refractivity contribution in [1.82, 2.24) is 5.01 Å². The number of furan rings is 1. The van der Waals surface area contributed by atoms with E-state index in [1.165, 1.54) is 9.31 Å². The summed E-state index contributed by atoms with van der Waals surface area (Å²) >= 11 is 6.02. The standard InChI is InChI=1S/C25H18ClN3O4S/c26-18-11-9-16(10-12-18)19-14-21(22-7-3-13-33-22)29(27-19)24(30)15-28-20-6-1-4-17-5-2-8-23(25(17)20)34(28,31)32/h1-13,21H,14-15H2/t21-/m1/s1. The van der Waals surface area contributed by atoms with Crippen molar-refractivity contribution >= 4 is 49.7 Å². The van der Waals surface area contributed by atoms with Gasteiger partial charge in [-0.25, -0.2) is 13.4 Å². The molecule has 0 aliphatic carbocycles. The second kappa shape index (κ2) is 7.72. The van der Waals surface area contributed by atoms with Crippen molar-refractivity contribution in [2.24, 2.45) is 5.10 Å². The maximum absolute atomic E-state index is 13.5. The minimum absolute atomic E-state index is 0.211. The van der Waals surface area contributed by atoms with Crippen LogP contribution in [-0.4, -0.2) is 31.6 Å². The summed E-state index contributed by atoms with van der Waals surface area (Å²) in [6, 6.07) is 20.8. The van der Waals surface area contributed by atoms with Gasteiger partial charge in [-0.05, 0) is 47.3 Å². The molecule has 9 heteroatoms. The monoisotopic (exact) mass is 491 g/mol. The zero-order valence-electron chi connectivity index (χ0n) is 17.8. The van der Waals surface area contributed by atoms with E-state index < -0.39 is 22.0 Å². The predicted octanol–water partition coefficient (Wildman–Crippen LogP) is 4.97. The molecule has 2 aliphatic rings. The van der Waals surface area contributed by atoms with E-state index in [4.69, 9.17) is 16.0 Å². The van der Waals surface area contributed by atoms with Crippen LogP contribution in [0.4, 0.5) is 5.69 Å². The molecule has 1 aromatic heterocycles. The van der Waals surface area contributed by atoms with Crippen LogP contribution in [0.15, 0.2) is 93.5 Å². The van der Waals surface area contributed by atoms with Gasteiger partial charge in [0.15, 0.2) is 0 Å². The number of amides is 1. The molecule has 6 rings (SSSR count). The number of carbonyl (C=O) groups excluding carboxylic acids is 1. The van der Waals surface area contributed by atoms with Gasteiger partial charge in [-0.3, -0.25) is 9.10 Å². The van der Waals surface area contributed by atoms with E-state index in [0.717, 1.165) is 10.9 Å². The van der Waals surface area contributed by atoms with Crippen molar-refractivity contribution in [1.29, 1.82) is 0 Å². The molecule has 1 atom stereocenters. The number of hydrazone groups is 1. The molecule has 7 nitrogen and oxygen atoms in total. The Hall–Kier alpha value is -3.62. The van der Waals surface area contributed by atoms with Crippen molar-refractivity contribution in [3.63, 3.8) is 0 Å². The fourth-order valence-electron chi connectivity index (χ4n) is 4.58. The number of sulfonamides is 1. The Kier molecular flexibility index (Phi) is 4.75. The predicted molar refractivity (Wildman–Crippen MR) is 129 cm³/mol. The smallest absolute Gasteiger partial charge is 0.265 e. The lowest BCUT2D eigenvalue weighted by atomic mass is 10.0. The van der Waals surface area contributed by atoms with Gasteiger partial charge >= 0.3 is 0 Å². The van der Waals surface area contributed by atoms with E-state index in [9.17, 15) is 13.2 Å². The molecule has 3 aromatic carbocycles. The summed E-state index contributed by atoms with van der Waals surface area (Å²) in [7, 11) is -3.87.